The molecule has 0 aliphatic carbocycles. The van der Waals surface area contributed by atoms with Gasteiger partial charge in [-0.2, -0.15) is 5.26 Å². The van der Waals surface area contributed by atoms with E-state index in [1.54, 1.807) is 0 Å². The van der Waals surface area contributed by atoms with Crippen LogP contribution in [0.5, 0.6) is 0 Å². The van der Waals surface area contributed by atoms with Gasteiger partial charge in [-0.15, -0.1) is 0 Å². The summed E-state index contributed by atoms with van der Waals surface area (Å²) in [6.45, 7) is 1.01. The lowest BCUT2D eigenvalue weighted by Crippen LogP contribution is -2.12. The van der Waals surface area contributed by atoms with Gasteiger partial charge in [-0.3, -0.25) is 0 Å². The monoisotopic (exact) mass is 587 g/mol. The second-order valence-corrected chi connectivity index (χ2v) is 12.0. The molecule has 0 saturated carbocycles. The largest absolute Gasteiger partial charge is 0.341 e. The molecule has 0 bridgehead atoms. The Morgan fingerprint density at radius 2 is 1.24 bits per heavy atom. The van der Waals surface area contributed by atoms with Gasteiger partial charge in [0.1, 0.15) is 6.07 Å². The van der Waals surface area contributed by atoms with Crippen molar-refractivity contribution in [1.82, 2.24) is 0 Å². The first kappa shape index (κ1) is 26.3. The second kappa shape index (κ2) is 10.5. The van der Waals surface area contributed by atoms with Crippen molar-refractivity contribution in [3.8, 4) is 17.2 Å². The predicted octanol–water partition coefficient (Wildman–Crippen LogP) is 11.3. The lowest BCUT2D eigenvalue weighted by atomic mass is 9.89. The summed E-state index contributed by atoms with van der Waals surface area (Å²) < 4.78 is 0. The molecule has 0 spiro atoms. The first-order valence-electron chi connectivity index (χ1n) is 15.8. The number of hydrogen-bond acceptors (Lipinski definition) is 3. The van der Waals surface area contributed by atoms with Crippen LogP contribution in [0.1, 0.15) is 11.1 Å². The third kappa shape index (κ3) is 4.05. The summed E-state index contributed by atoms with van der Waals surface area (Å²) in [6.07, 6.45) is 1.08. The van der Waals surface area contributed by atoms with Crippen molar-refractivity contribution in [3.05, 3.63) is 163 Å². The van der Waals surface area contributed by atoms with Gasteiger partial charge < -0.3 is 9.80 Å². The van der Waals surface area contributed by atoms with E-state index in [2.05, 4.69) is 125 Å². The molecule has 3 heteroatoms. The zero-order valence-electron chi connectivity index (χ0n) is 25.2. The standard InChI is InChI=1S/C43H29N3/c44-28-33-9-5-7-13-40(33)46(35-10-2-1-3-11-35)41-25-19-32-17-23-37-36(22-16-31-18-24-38(41)43(32)42(31)37)29-14-20-34(21-15-29)45-27-26-30-8-4-6-12-39(30)45/h1-25H,26-27H2. The minimum absolute atomic E-state index is 0.639. The highest BCUT2D eigenvalue weighted by Crippen LogP contribution is 2.46. The highest BCUT2D eigenvalue weighted by Gasteiger charge is 2.22. The van der Waals surface area contributed by atoms with Crippen LogP contribution in [0, 0.1) is 11.3 Å². The molecule has 0 N–H and O–H groups in total. The Kier molecular flexibility index (Phi) is 6.01. The summed E-state index contributed by atoms with van der Waals surface area (Å²) in [5, 5.41) is 17.4. The van der Waals surface area contributed by atoms with Crippen LogP contribution in [0.4, 0.5) is 28.4 Å². The fourth-order valence-electron chi connectivity index (χ4n) is 7.41. The zero-order chi connectivity index (χ0) is 30.6. The number of nitriles is 1. The number of fused-ring (bicyclic) bond motifs is 1. The average molecular weight is 588 g/mol. The summed E-state index contributed by atoms with van der Waals surface area (Å²) in [6, 6.07) is 56.3. The summed E-state index contributed by atoms with van der Waals surface area (Å²) >= 11 is 0. The van der Waals surface area contributed by atoms with Crippen LogP contribution in [0.3, 0.4) is 0 Å². The molecule has 216 valence electrons. The molecule has 0 amide bonds. The van der Waals surface area contributed by atoms with Crippen LogP contribution in [0.25, 0.3) is 43.4 Å². The van der Waals surface area contributed by atoms with Gasteiger partial charge in [0.15, 0.2) is 0 Å². The molecule has 0 unspecified atom stereocenters. The molecule has 0 fully saturated rings. The molecule has 8 aromatic rings. The summed E-state index contributed by atoms with van der Waals surface area (Å²) in [5.74, 6) is 0. The van der Waals surface area contributed by atoms with Gasteiger partial charge in [0.25, 0.3) is 0 Å². The Bertz CT molecular complexity index is 2440. The third-order valence-corrected chi connectivity index (χ3v) is 9.54. The van der Waals surface area contributed by atoms with Gasteiger partial charge >= 0.3 is 0 Å². The predicted molar refractivity (Wildman–Crippen MR) is 192 cm³/mol. The number of benzene rings is 8. The smallest absolute Gasteiger partial charge is 0.101 e. The molecule has 1 heterocycles. The average Bonchev–Trinajstić information content (AvgIpc) is 3.56. The number of nitrogens with zero attached hydrogens (tertiary/aromatic N) is 3. The van der Waals surface area contributed by atoms with Crippen molar-refractivity contribution in [3.63, 3.8) is 0 Å². The molecule has 0 atom stereocenters. The van der Waals surface area contributed by atoms with E-state index in [1.165, 1.54) is 55.0 Å². The number of hydrogen-bond donors (Lipinski definition) is 0. The number of rotatable bonds is 5. The van der Waals surface area contributed by atoms with E-state index in [4.69, 9.17) is 0 Å². The van der Waals surface area contributed by atoms with Gasteiger partial charge in [0.2, 0.25) is 0 Å². The van der Waals surface area contributed by atoms with E-state index in [-0.39, 0.29) is 0 Å². The maximum absolute atomic E-state index is 10.1. The van der Waals surface area contributed by atoms with E-state index in [0.717, 1.165) is 35.4 Å². The normalized spacial score (nSPS) is 12.5. The van der Waals surface area contributed by atoms with Crippen LogP contribution >= 0.6 is 0 Å². The molecule has 3 nitrogen and oxygen atoms in total. The van der Waals surface area contributed by atoms with Crippen LogP contribution in [0.15, 0.2) is 152 Å². The minimum Gasteiger partial charge on any atom is -0.341 e. The SMILES string of the molecule is N#Cc1ccccc1N(c1ccccc1)c1ccc2ccc3c(-c4ccc(N5CCc6ccccc65)cc4)ccc4ccc1c2c43. The molecule has 8 aromatic carbocycles. The lowest BCUT2D eigenvalue weighted by molar-refractivity contribution is 0.998. The zero-order valence-corrected chi connectivity index (χ0v) is 25.2. The molecule has 0 radical (unpaired) electrons. The summed E-state index contributed by atoms with van der Waals surface area (Å²) in [5.41, 5.74) is 9.98. The molecule has 1 aliphatic rings. The Labute approximate surface area is 268 Å². The fourth-order valence-corrected chi connectivity index (χ4v) is 7.41. The molecular formula is C43H29N3. The van der Waals surface area contributed by atoms with Gasteiger partial charge in [-0.1, -0.05) is 103 Å². The van der Waals surface area contributed by atoms with Crippen LogP contribution < -0.4 is 9.80 Å². The molecule has 9 rings (SSSR count). The first-order valence-corrected chi connectivity index (χ1v) is 15.8. The van der Waals surface area contributed by atoms with E-state index < -0.39 is 0 Å². The Balaban J connectivity index is 1.22. The third-order valence-electron chi connectivity index (χ3n) is 9.54. The summed E-state index contributed by atoms with van der Waals surface area (Å²) in [7, 11) is 0. The molecular weight excluding hydrogens is 558 g/mol. The Morgan fingerprint density at radius 1 is 0.565 bits per heavy atom. The van der Waals surface area contributed by atoms with Crippen molar-refractivity contribution >= 4 is 60.8 Å². The van der Waals surface area contributed by atoms with Gasteiger partial charge in [-0.25, -0.2) is 0 Å². The Hall–Kier alpha value is -6.11. The van der Waals surface area contributed by atoms with Gasteiger partial charge in [0, 0.05) is 29.0 Å². The fraction of sp³-hybridized carbons (Fsp3) is 0.0465. The topological polar surface area (TPSA) is 30.3 Å². The van der Waals surface area contributed by atoms with Crippen LogP contribution in [-0.2, 0) is 6.42 Å². The maximum Gasteiger partial charge on any atom is 0.101 e. The van der Waals surface area contributed by atoms with Crippen molar-refractivity contribution in [2.75, 3.05) is 16.3 Å². The van der Waals surface area contributed by atoms with Crippen molar-refractivity contribution in [2.45, 2.75) is 6.42 Å². The molecule has 0 aromatic heterocycles. The van der Waals surface area contributed by atoms with Crippen LogP contribution in [-0.4, -0.2) is 6.54 Å². The number of anilines is 5. The highest BCUT2D eigenvalue weighted by atomic mass is 15.2. The Morgan fingerprint density at radius 3 is 2.07 bits per heavy atom. The van der Waals surface area contributed by atoms with E-state index in [9.17, 15) is 5.26 Å². The second-order valence-electron chi connectivity index (χ2n) is 12.0. The number of para-hydroxylation sites is 3. The van der Waals surface area contributed by atoms with E-state index in [0.29, 0.717) is 5.56 Å². The molecule has 46 heavy (non-hydrogen) atoms. The first-order chi connectivity index (χ1) is 22.8. The van der Waals surface area contributed by atoms with Gasteiger partial charge in [-0.05, 0) is 98.6 Å². The quantitative estimate of drug-likeness (QED) is 0.188. The highest BCUT2D eigenvalue weighted by molar-refractivity contribution is 6.27. The minimum atomic E-state index is 0.639. The van der Waals surface area contributed by atoms with E-state index in [1.807, 2.05) is 42.5 Å². The van der Waals surface area contributed by atoms with Crippen molar-refractivity contribution < 1.29 is 0 Å². The van der Waals surface area contributed by atoms with Gasteiger partial charge in [0.05, 0.1) is 16.9 Å². The van der Waals surface area contributed by atoms with Crippen molar-refractivity contribution in [2.24, 2.45) is 0 Å². The molecule has 0 saturated heterocycles. The molecule has 1 aliphatic heterocycles. The van der Waals surface area contributed by atoms with E-state index >= 15 is 0 Å². The maximum atomic E-state index is 10.1. The lowest BCUT2D eigenvalue weighted by Gasteiger charge is -2.28. The van der Waals surface area contributed by atoms with Crippen LogP contribution in [0.2, 0.25) is 0 Å². The van der Waals surface area contributed by atoms with Crippen molar-refractivity contribution in [1.29, 1.82) is 5.26 Å². The summed E-state index contributed by atoms with van der Waals surface area (Å²) in [4.78, 5) is 4.65.